The van der Waals surface area contributed by atoms with Crippen molar-refractivity contribution in [2.75, 3.05) is 5.32 Å². The number of aromatic nitrogens is 1. The molecule has 0 saturated heterocycles. The Morgan fingerprint density at radius 1 is 1.18 bits per heavy atom. The van der Waals surface area contributed by atoms with Crippen LogP contribution >= 0.6 is 0 Å². The summed E-state index contributed by atoms with van der Waals surface area (Å²) >= 11 is 0. The lowest BCUT2D eigenvalue weighted by atomic mass is 10.1. The number of oxazole rings is 1. The number of hydrogen-bond donors (Lipinski definition) is 1. The summed E-state index contributed by atoms with van der Waals surface area (Å²) in [4.78, 5) is 16.3. The zero-order valence-corrected chi connectivity index (χ0v) is 12.9. The number of benzene rings is 2. The zero-order valence-electron chi connectivity index (χ0n) is 12.9. The van der Waals surface area contributed by atoms with Crippen molar-refractivity contribution in [3.8, 4) is 11.5 Å². The van der Waals surface area contributed by atoms with Crippen molar-refractivity contribution < 1.29 is 9.21 Å². The van der Waals surface area contributed by atoms with Gasteiger partial charge in [-0.25, -0.2) is 4.98 Å². The highest BCUT2D eigenvalue weighted by atomic mass is 16.3. The van der Waals surface area contributed by atoms with Gasteiger partial charge in [0.15, 0.2) is 5.58 Å². The fourth-order valence-corrected chi connectivity index (χ4v) is 2.17. The lowest BCUT2D eigenvalue weighted by Gasteiger charge is -2.08. The predicted molar refractivity (Wildman–Crippen MR) is 87.6 cm³/mol. The van der Waals surface area contributed by atoms with Crippen LogP contribution in [0.5, 0.6) is 0 Å². The van der Waals surface area contributed by atoms with Gasteiger partial charge in [-0.3, -0.25) is 4.79 Å². The summed E-state index contributed by atoms with van der Waals surface area (Å²) in [5.41, 5.74) is 4.32. The summed E-state index contributed by atoms with van der Waals surface area (Å²) in [7, 11) is 0. The standard InChI is InChI=1S/C18H18N2O2/c1-11(2)17(21)19-14-6-4-5-13(10-14)18-20-15-8-7-12(3)9-16(15)22-18/h4-11H,1-3H3,(H,19,21). The number of nitrogens with one attached hydrogen (secondary N) is 1. The Bertz CT molecular complexity index is 834. The van der Waals surface area contributed by atoms with Crippen LogP contribution in [0.2, 0.25) is 0 Å². The number of rotatable bonds is 3. The van der Waals surface area contributed by atoms with Crippen molar-refractivity contribution in [2.24, 2.45) is 5.92 Å². The summed E-state index contributed by atoms with van der Waals surface area (Å²) in [5.74, 6) is 0.488. The lowest BCUT2D eigenvalue weighted by molar-refractivity contribution is -0.118. The SMILES string of the molecule is Cc1ccc2nc(-c3cccc(NC(=O)C(C)C)c3)oc2c1. The van der Waals surface area contributed by atoms with E-state index in [2.05, 4.69) is 10.3 Å². The molecule has 0 saturated carbocycles. The van der Waals surface area contributed by atoms with Gasteiger partial charge >= 0.3 is 0 Å². The van der Waals surface area contributed by atoms with Crippen molar-refractivity contribution in [1.29, 1.82) is 0 Å². The molecule has 0 bridgehead atoms. The van der Waals surface area contributed by atoms with Crippen LogP contribution in [0.1, 0.15) is 19.4 Å². The first-order chi connectivity index (χ1) is 10.5. The minimum absolute atomic E-state index is 0.00894. The molecule has 3 rings (SSSR count). The summed E-state index contributed by atoms with van der Waals surface area (Å²) in [6, 6.07) is 13.5. The number of aryl methyl sites for hydroxylation is 1. The molecule has 0 radical (unpaired) electrons. The molecular formula is C18H18N2O2. The van der Waals surface area contributed by atoms with Gasteiger partial charge in [-0.2, -0.15) is 0 Å². The molecule has 1 N–H and O–H groups in total. The molecule has 4 heteroatoms. The molecule has 0 aliphatic heterocycles. The highest BCUT2D eigenvalue weighted by Crippen LogP contribution is 2.26. The van der Waals surface area contributed by atoms with E-state index in [0.717, 1.165) is 27.9 Å². The van der Waals surface area contributed by atoms with E-state index in [9.17, 15) is 4.79 Å². The molecule has 2 aromatic carbocycles. The van der Waals surface area contributed by atoms with E-state index < -0.39 is 0 Å². The number of nitrogens with zero attached hydrogens (tertiary/aromatic N) is 1. The summed E-state index contributed by atoms with van der Waals surface area (Å²) in [6.45, 7) is 5.74. The highest BCUT2D eigenvalue weighted by molar-refractivity contribution is 5.92. The van der Waals surface area contributed by atoms with Gasteiger partial charge in [0.25, 0.3) is 0 Å². The van der Waals surface area contributed by atoms with Gasteiger partial charge in [-0.15, -0.1) is 0 Å². The quantitative estimate of drug-likeness (QED) is 0.779. The number of amides is 1. The van der Waals surface area contributed by atoms with Crippen molar-refractivity contribution in [3.63, 3.8) is 0 Å². The van der Waals surface area contributed by atoms with Crippen LogP contribution in [0.3, 0.4) is 0 Å². The molecule has 0 aliphatic rings. The van der Waals surface area contributed by atoms with Crippen LogP contribution in [0, 0.1) is 12.8 Å². The maximum absolute atomic E-state index is 11.8. The topological polar surface area (TPSA) is 55.1 Å². The summed E-state index contributed by atoms with van der Waals surface area (Å²) in [5, 5.41) is 2.89. The first-order valence-corrected chi connectivity index (χ1v) is 7.31. The molecule has 1 amide bonds. The molecular weight excluding hydrogens is 276 g/mol. The van der Waals surface area contributed by atoms with Gasteiger partial charge in [-0.1, -0.05) is 26.0 Å². The van der Waals surface area contributed by atoms with Gasteiger partial charge in [0.1, 0.15) is 5.52 Å². The fourth-order valence-electron chi connectivity index (χ4n) is 2.17. The molecule has 1 heterocycles. The Morgan fingerprint density at radius 3 is 2.77 bits per heavy atom. The van der Waals surface area contributed by atoms with Crippen LogP contribution in [-0.2, 0) is 4.79 Å². The average Bonchev–Trinajstić information content (AvgIpc) is 2.90. The average molecular weight is 294 g/mol. The van der Waals surface area contributed by atoms with E-state index in [1.54, 1.807) is 0 Å². The summed E-state index contributed by atoms with van der Waals surface area (Å²) in [6.07, 6.45) is 0. The molecule has 0 fully saturated rings. The minimum atomic E-state index is -0.0593. The van der Waals surface area contributed by atoms with Crippen LogP contribution in [0.4, 0.5) is 5.69 Å². The number of fused-ring (bicyclic) bond motifs is 1. The van der Waals surface area contributed by atoms with Gasteiger partial charge in [-0.05, 0) is 42.8 Å². The third kappa shape index (κ3) is 2.86. The number of carbonyl (C=O) groups is 1. The largest absolute Gasteiger partial charge is 0.436 e. The van der Waals surface area contributed by atoms with Crippen molar-refractivity contribution in [1.82, 2.24) is 4.98 Å². The molecule has 1 aromatic heterocycles. The van der Waals surface area contributed by atoms with Crippen LogP contribution in [0.15, 0.2) is 46.9 Å². The van der Waals surface area contributed by atoms with Crippen molar-refractivity contribution in [2.45, 2.75) is 20.8 Å². The molecule has 3 aromatic rings. The van der Waals surface area contributed by atoms with E-state index in [4.69, 9.17) is 4.42 Å². The van der Waals surface area contributed by atoms with Gasteiger partial charge in [0.2, 0.25) is 11.8 Å². The van der Waals surface area contributed by atoms with Crippen molar-refractivity contribution in [3.05, 3.63) is 48.0 Å². The normalized spacial score (nSPS) is 11.1. The molecule has 0 aliphatic carbocycles. The van der Waals surface area contributed by atoms with E-state index in [-0.39, 0.29) is 11.8 Å². The van der Waals surface area contributed by atoms with E-state index in [1.165, 1.54) is 0 Å². The second kappa shape index (κ2) is 5.64. The third-order valence-electron chi connectivity index (χ3n) is 3.45. The van der Waals surface area contributed by atoms with Gasteiger partial charge in [0, 0.05) is 17.2 Å². The molecule has 0 atom stereocenters. The first kappa shape index (κ1) is 14.3. The van der Waals surface area contributed by atoms with Crippen LogP contribution < -0.4 is 5.32 Å². The second-order valence-corrected chi connectivity index (χ2v) is 5.71. The smallest absolute Gasteiger partial charge is 0.227 e. The summed E-state index contributed by atoms with van der Waals surface area (Å²) < 4.78 is 5.82. The minimum Gasteiger partial charge on any atom is -0.436 e. The number of anilines is 1. The predicted octanol–water partition coefficient (Wildman–Crippen LogP) is 4.40. The van der Waals surface area contributed by atoms with E-state index in [0.29, 0.717) is 5.89 Å². The Morgan fingerprint density at radius 2 is 2.00 bits per heavy atom. The van der Waals surface area contributed by atoms with E-state index in [1.807, 2.05) is 63.2 Å². The molecule has 22 heavy (non-hydrogen) atoms. The van der Waals surface area contributed by atoms with Gasteiger partial charge in [0.05, 0.1) is 0 Å². The monoisotopic (exact) mass is 294 g/mol. The maximum atomic E-state index is 11.8. The fraction of sp³-hybridized carbons (Fsp3) is 0.222. The number of carbonyl (C=O) groups excluding carboxylic acids is 1. The van der Waals surface area contributed by atoms with E-state index >= 15 is 0 Å². The molecule has 0 spiro atoms. The second-order valence-electron chi connectivity index (χ2n) is 5.71. The zero-order chi connectivity index (χ0) is 15.7. The third-order valence-corrected chi connectivity index (χ3v) is 3.45. The maximum Gasteiger partial charge on any atom is 0.227 e. The Labute approximate surface area is 129 Å². The molecule has 112 valence electrons. The first-order valence-electron chi connectivity index (χ1n) is 7.31. The Balaban J connectivity index is 1.94. The Kier molecular flexibility index (Phi) is 3.67. The number of hydrogen-bond acceptors (Lipinski definition) is 3. The molecule has 4 nitrogen and oxygen atoms in total. The lowest BCUT2D eigenvalue weighted by Crippen LogP contribution is -2.17. The van der Waals surface area contributed by atoms with Crippen molar-refractivity contribution >= 4 is 22.7 Å². The van der Waals surface area contributed by atoms with Crippen LogP contribution in [0.25, 0.3) is 22.6 Å². The van der Waals surface area contributed by atoms with Crippen LogP contribution in [-0.4, -0.2) is 10.9 Å². The highest BCUT2D eigenvalue weighted by Gasteiger charge is 2.11. The van der Waals surface area contributed by atoms with Gasteiger partial charge < -0.3 is 9.73 Å². The molecule has 0 unspecified atom stereocenters. The Hall–Kier alpha value is -2.62.